The van der Waals surface area contributed by atoms with E-state index in [1.807, 2.05) is 13.8 Å². The van der Waals surface area contributed by atoms with E-state index < -0.39 is 6.04 Å². The van der Waals surface area contributed by atoms with Crippen molar-refractivity contribution in [3.63, 3.8) is 0 Å². The molecule has 3 N–H and O–H groups in total. The van der Waals surface area contributed by atoms with E-state index in [1.54, 1.807) is 0 Å². The summed E-state index contributed by atoms with van der Waals surface area (Å²) in [5.74, 6) is 0.507. The second-order valence-electron chi connectivity index (χ2n) is 4.75. The van der Waals surface area contributed by atoms with Crippen LogP contribution < -0.4 is 10.6 Å². The topological polar surface area (TPSA) is 99.8 Å². The number of hydrogen-bond acceptors (Lipinski definition) is 4. The van der Waals surface area contributed by atoms with E-state index in [-0.39, 0.29) is 17.7 Å². The van der Waals surface area contributed by atoms with Gasteiger partial charge in [0.15, 0.2) is 0 Å². The summed E-state index contributed by atoms with van der Waals surface area (Å²) >= 11 is 0. The molecule has 0 spiro atoms. The number of aromatic amines is 1. The Bertz CT molecular complexity index is 402. The quantitative estimate of drug-likeness (QED) is 0.606. The molecule has 1 aromatic rings. The summed E-state index contributed by atoms with van der Waals surface area (Å²) in [5.41, 5.74) is 0. The Hall–Kier alpha value is -1.92. The first kappa shape index (κ1) is 15.1. The molecule has 1 unspecified atom stereocenters. The lowest BCUT2D eigenvalue weighted by Crippen LogP contribution is -2.49. The molecular weight excluding hydrogens is 246 g/mol. The third-order valence-corrected chi connectivity index (χ3v) is 2.66. The van der Waals surface area contributed by atoms with Gasteiger partial charge in [-0.25, -0.2) is 4.98 Å². The predicted octanol–water partition coefficient (Wildman–Crippen LogP) is 0.0142. The van der Waals surface area contributed by atoms with E-state index in [1.165, 1.54) is 13.3 Å². The van der Waals surface area contributed by atoms with Crippen LogP contribution in [0.2, 0.25) is 0 Å². The Balaban J connectivity index is 2.29. The van der Waals surface area contributed by atoms with Crippen molar-refractivity contribution in [1.82, 2.24) is 25.8 Å². The van der Waals surface area contributed by atoms with E-state index in [0.29, 0.717) is 6.54 Å². The molecule has 1 atom stereocenters. The number of aryl methyl sites for hydroxylation is 1. The van der Waals surface area contributed by atoms with Gasteiger partial charge in [0.2, 0.25) is 11.8 Å². The normalized spacial score (nSPS) is 12.2. The molecule has 19 heavy (non-hydrogen) atoms. The molecule has 0 fully saturated rings. The number of amides is 2. The van der Waals surface area contributed by atoms with Crippen molar-refractivity contribution in [2.45, 2.75) is 39.7 Å². The first-order valence-corrected chi connectivity index (χ1v) is 6.39. The lowest BCUT2D eigenvalue weighted by molar-refractivity contribution is -0.129. The van der Waals surface area contributed by atoms with Gasteiger partial charge in [0.05, 0.1) is 0 Å². The molecule has 0 aromatic carbocycles. The van der Waals surface area contributed by atoms with Gasteiger partial charge in [-0.05, 0) is 12.3 Å². The van der Waals surface area contributed by atoms with Gasteiger partial charge < -0.3 is 10.6 Å². The molecule has 7 nitrogen and oxygen atoms in total. The summed E-state index contributed by atoms with van der Waals surface area (Å²) in [4.78, 5) is 27.0. The minimum absolute atomic E-state index is 0.0539. The summed E-state index contributed by atoms with van der Waals surface area (Å²) in [7, 11) is 0. The number of nitrogens with zero attached hydrogens (tertiary/aromatic N) is 2. The number of carbonyl (C=O) groups excluding carboxylic acids is 2. The second-order valence-corrected chi connectivity index (χ2v) is 4.75. The average Bonchev–Trinajstić information content (AvgIpc) is 2.83. The van der Waals surface area contributed by atoms with Crippen LogP contribution in [0.5, 0.6) is 0 Å². The van der Waals surface area contributed by atoms with Crippen LogP contribution in [-0.4, -0.2) is 39.6 Å². The first-order valence-electron chi connectivity index (χ1n) is 6.39. The first-order chi connectivity index (χ1) is 9.00. The number of rotatable bonds is 7. The van der Waals surface area contributed by atoms with Crippen molar-refractivity contribution in [2.24, 2.45) is 5.92 Å². The smallest absolute Gasteiger partial charge is 0.242 e. The van der Waals surface area contributed by atoms with Gasteiger partial charge in [-0.15, -0.1) is 0 Å². The SMILES string of the molecule is CC(=O)NC(C(=O)NCCCc1ncn[nH]1)C(C)C. The molecule has 0 radical (unpaired) electrons. The van der Waals surface area contributed by atoms with Gasteiger partial charge in [0.25, 0.3) is 0 Å². The van der Waals surface area contributed by atoms with Gasteiger partial charge in [-0.2, -0.15) is 5.10 Å². The Kier molecular flexibility index (Phi) is 5.98. The van der Waals surface area contributed by atoms with Crippen molar-refractivity contribution in [3.05, 3.63) is 12.2 Å². The fraction of sp³-hybridized carbons (Fsp3) is 0.667. The molecule has 0 saturated heterocycles. The number of H-pyrrole nitrogens is 1. The van der Waals surface area contributed by atoms with E-state index in [2.05, 4.69) is 25.8 Å². The van der Waals surface area contributed by atoms with Crippen molar-refractivity contribution in [1.29, 1.82) is 0 Å². The van der Waals surface area contributed by atoms with Crippen LogP contribution in [0.25, 0.3) is 0 Å². The van der Waals surface area contributed by atoms with Crippen LogP contribution in [0.3, 0.4) is 0 Å². The zero-order chi connectivity index (χ0) is 14.3. The highest BCUT2D eigenvalue weighted by Crippen LogP contribution is 2.02. The standard InChI is InChI=1S/C12H21N5O2/c1-8(2)11(16-9(3)18)12(19)13-6-4-5-10-14-7-15-17-10/h7-8,11H,4-6H2,1-3H3,(H,13,19)(H,16,18)(H,14,15,17). The number of carbonyl (C=O) groups is 2. The zero-order valence-corrected chi connectivity index (χ0v) is 11.6. The summed E-state index contributed by atoms with van der Waals surface area (Å²) in [6, 6.07) is -0.484. The van der Waals surface area contributed by atoms with Gasteiger partial charge >= 0.3 is 0 Å². The van der Waals surface area contributed by atoms with E-state index >= 15 is 0 Å². The van der Waals surface area contributed by atoms with Crippen molar-refractivity contribution in [3.8, 4) is 0 Å². The van der Waals surface area contributed by atoms with Crippen molar-refractivity contribution < 1.29 is 9.59 Å². The van der Waals surface area contributed by atoms with E-state index in [4.69, 9.17) is 0 Å². The van der Waals surface area contributed by atoms with Crippen LogP contribution in [-0.2, 0) is 16.0 Å². The van der Waals surface area contributed by atoms with Gasteiger partial charge in [0, 0.05) is 19.9 Å². The zero-order valence-electron chi connectivity index (χ0n) is 11.6. The van der Waals surface area contributed by atoms with Crippen LogP contribution in [0.1, 0.15) is 33.0 Å². The molecule has 0 aliphatic rings. The molecular formula is C12H21N5O2. The predicted molar refractivity (Wildman–Crippen MR) is 70.2 cm³/mol. The third kappa shape index (κ3) is 5.50. The molecule has 0 aliphatic heterocycles. The lowest BCUT2D eigenvalue weighted by atomic mass is 10.0. The maximum Gasteiger partial charge on any atom is 0.242 e. The summed E-state index contributed by atoms with van der Waals surface area (Å²) in [6.45, 7) is 5.75. The third-order valence-electron chi connectivity index (χ3n) is 2.66. The molecule has 1 heterocycles. The van der Waals surface area contributed by atoms with Gasteiger partial charge in [0.1, 0.15) is 18.2 Å². The molecule has 0 bridgehead atoms. The largest absolute Gasteiger partial charge is 0.354 e. The van der Waals surface area contributed by atoms with Crippen LogP contribution in [0.4, 0.5) is 0 Å². The van der Waals surface area contributed by atoms with Gasteiger partial charge in [-0.1, -0.05) is 13.8 Å². The summed E-state index contributed by atoms with van der Waals surface area (Å²) in [6.07, 6.45) is 2.96. The number of aromatic nitrogens is 3. The van der Waals surface area contributed by atoms with Crippen LogP contribution in [0, 0.1) is 5.92 Å². The minimum Gasteiger partial charge on any atom is -0.354 e. The minimum atomic E-state index is -0.484. The number of nitrogens with one attached hydrogen (secondary N) is 3. The van der Waals surface area contributed by atoms with Crippen molar-refractivity contribution in [2.75, 3.05) is 6.54 Å². The second kappa shape index (κ2) is 7.50. The molecule has 1 rings (SSSR count). The molecule has 1 aromatic heterocycles. The highest BCUT2D eigenvalue weighted by Gasteiger charge is 2.22. The van der Waals surface area contributed by atoms with Crippen LogP contribution >= 0.6 is 0 Å². The van der Waals surface area contributed by atoms with Crippen molar-refractivity contribution >= 4 is 11.8 Å². The van der Waals surface area contributed by atoms with E-state index in [0.717, 1.165) is 18.7 Å². The van der Waals surface area contributed by atoms with E-state index in [9.17, 15) is 9.59 Å². The lowest BCUT2D eigenvalue weighted by Gasteiger charge is -2.20. The average molecular weight is 267 g/mol. The molecule has 0 saturated carbocycles. The number of hydrogen-bond donors (Lipinski definition) is 3. The van der Waals surface area contributed by atoms with Gasteiger partial charge in [-0.3, -0.25) is 14.7 Å². The molecule has 0 aliphatic carbocycles. The Labute approximate surface area is 112 Å². The fourth-order valence-electron chi connectivity index (χ4n) is 1.68. The maximum absolute atomic E-state index is 11.9. The Morgan fingerprint density at radius 1 is 1.42 bits per heavy atom. The summed E-state index contributed by atoms with van der Waals surface area (Å²) in [5, 5.41) is 12.0. The molecule has 106 valence electrons. The maximum atomic E-state index is 11.9. The highest BCUT2D eigenvalue weighted by atomic mass is 16.2. The molecule has 2 amide bonds. The molecule has 7 heteroatoms. The fourth-order valence-corrected chi connectivity index (χ4v) is 1.68. The Morgan fingerprint density at radius 2 is 2.16 bits per heavy atom. The van der Waals surface area contributed by atoms with Crippen LogP contribution in [0.15, 0.2) is 6.33 Å². The monoisotopic (exact) mass is 267 g/mol. The summed E-state index contributed by atoms with van der Waals surface area (Å²) < 4.78 is 0. The highest BCUT2D eigenvalue weighted by molar-refractivity contribution is 5.86. The Morgan fingerprint density at radius 3 is 2.68 bits per heavy atom.